The summed E-state index contributed by atoms with van der Waals surface area (Å²) in [6.45, 7) is 0.118. The number of amides is 1. The van der Waals surface area contributed by atoms with Crippen LogP contribution < -0.4 is 11.1 Å². The SMILES string of the molecule is Nc1c(F)cc(C(=O)NCc2ccc(F)cc2)cc1F. The van der Waals surface area contributed by atoms with Crippen LogP contribution in [-0.4, -0.2) is 5.91 Å². The second-order valence-electron chi connectivity index (χ2n) is 4.16. The minimum atomic E-state index is -0.989. The van der Waals surface area contributed by atoms with Gasteiger partial charge < -0.3 is 11.1 Å². The maximum Gasteiger partial charge on any atom is 0.251 e. The molecule has 0 aliphatic heterocycles. The zero-order valence-corrected chi connectivity index (χ0v) is 10.3. The van der Waals surface area contributed by atoms with Gasteiger partial charge in [0.1, 0.15) is 23.1 Å². The molecule has 0 aliphatic rings. The molecule has 104 valence electrons. The van der Waals surface area contributed by atoms with Crippen molar-refractivity contribution in [1.82, 2.24) is 5.32 Å². The van der Waals surface area contributed by atoms with Gasteiger partial charge >= 0.3 is 0 Å². The molecule has 0 unspecified atom stereocenters. The number of nitrogen functional groups attached to an aromatic ring is 1. The molecular formula is C14H11F3N2O. The van der Waals surface area contributed by atoms with Crippen LogP contribution in [0.25, 0.3) is 0 Å². The van der Waals surface area contributed by atoms with Gasteiger partial charge in [0.2, 0.25) is 0 Å². The van der Waals surface area contributed by atoms with E-state index < -0.39 is 23.2 Å². The minimum absolute atomic E-state index is 0.118. The zero-order valence-electron chi connectivity index (χ0n) is 10.3. The lowest BCUT2D eigenvalue weighted by atomic mass is 10.1. The Bertz CT molecular complexity index is 618. The molecule has 3 N–H and O–H groups in total. The number of carbonyl (C=O) groups is 1. The number of nitrogens with one attached hydrogen (secondary N) is 1. The standard InChI is InChI=1S/C14H11F3N2O/c15-10-3-1-8(2-4-10)7-19-14(20)9-5-11(16)13(18)12(17)6-9/h1-6H,7,18H2,(H,19,20). The molecule has 0 radical (unpaired) electrons. The second-order valence-corrected chi connectivity index (χ2v) is 4.16. The van der Waals surface area contributed by atoms with E-state index >= 15 is 0 Å². The molecular weight excluding hydrogens is 269 g/mol. The molecule has 20 heavy (non-hydrogen) atoms. The summed E-state index contributed by atoms with van der Waals surface area (Å²) in [5.41, 5.74) is 4.98. The molecule has 6 heteroatoms. The molecule has 0 aliphatic carbocycles. The highest BCUT2D eigenvalue weighted by Gasteiger charge is 2.12. The van der Waals surface area contributed by atoms with Crippen LogP contribution in [0.2, 0.25) is 0 Å². The van der Waals surface area contributed by atoms with Crippen molar-refractivity contribution >= 4 is 11.6 Å². The molecule has 0 fully saturated rings. The van der Waals surface area contributed by atoms with Gasteiger partial charge in [0.25, 0.3) is 5.91 Å². The number of rotatable bonds is 3. The van der Waals surface area contributed by atoms with Gasteiger partial charge in [0.15, 0.2) is 0 Å². The molecule has 1 amide bonds. The van der Waals surface area contributed by atoms with Crippen LogP contribution in [-0.2, 0) is 6.54 Å². The molecule has 3 nitrogen and oxygen atoms in total. The Kier molecular flexibility index (Phi) is 3.93. The maximum absolute atomic E-state index is 13.2. The fourth-order valence-corrected chi connectivity index (χ4v) is 1.60. The summed E-state index contributed by atoms with van der Waals surface area (Å²) >= 11 is 0. The van der Waals surface area contributed by atoms with E-state index in [0.29, 0.717) is 5.56 Å². The van der Waals surface area contributed by atoms with Gasteiger partial charge in [-0.15, -0.1) is 0 Å². The Morgan fingerprint density at radius 3 is 2.15 bits per heavy atom. The Hall–Kier alpha value is -2.50. The Morgan fingerprint density at radius 1 is 1.05 bits per heavy atom. The first-order valence-corrected chi connectivity index (χ1v) is 5.74. The van der Waals surface area contributed by atoms with Crippen molar-refractivity contribution < 1.29 is 18.0 Å². The predicted molar refractivity (Wildman–Crippen MR) is 68.3 cm³/mol. The van der Waals surface area contributed by atoms with Gasteiger partial charge in [0, 0.05) is 12.1 Å². The molecule has 0 saturated heterocycles. The van der Waals surface area contributed by atoms with Crippen molar-refractivity contribution in [1.29, 1.82) is 0 Å². The van der Waals surface area contributed by atoms with Gasteiger partial charge in [-0.2, -0.15) is 0 Å². The Balaban J connectivity index is 2.07. The van der Waals surface area contributed by atoms with E-state index in [9.17, 15) is 18.0 Å². The number of anilines is 1. The summed E-state index contributed by atoms with van der Waals surface area (Å²) in [4.78, 5) is 11.7. The third kappa shape index (κ3) is 3.09. The van der Waals surface area contributed by atoms with Crippen molar-refractivity contribution in [3.8, 4) is 0 Å². The maximum atomic E-state index is 13.2. The first-order chi connectivity index (χ1) is 9.47. The smallest absolute Gasteiger partial charge is 0.251 e. The molecule has 2 aromatic rings. The van der Waals surface area contributed by atoms with E-state index in [0.717, 1.165) is 12.1 Å². The third-order valence-electron chi connectivity index (χ3n) is 2.71. The lowest BCUT2D eigenvalue weighted by Crippen LogP contribution is -2.23. The van der Waals surface area contributed by atoms with Gasteiger partial charge in [-0.05, 0) is 29.8 Å². The monoisotopic (exact) mass is 280 g/mol. The summed E-state index contributed by atoms with van der Waals surface area (Å²) in [6, 6.07) is 7.23. The number of hydrogen-bond acceptors (Lipinski definition) is 2. The lowest BCUT2D eigenvalue weighted by molar-refractivity contribution is 0.0950. The van der Waals surface area contributed by atoms with Crippen LogP contribution in [0, 0.1) is 17.5 Å². The summed E-state index contributed by atoms with van der Waals surface area (Å²) in [5, 5.41) is 2.47. The summed E-state index contributed by atoms with van der Waals surface area (Å²) < 4.78 is 39.1. The molecule has 2 aromatic carbocycles. The summed E-state index contributed by atoms with van der Waals surface area (Å²) in [6.07, 6.45) is 0. The molecule has 0 aromatic heterocycles. The largest absolute Gasteiger partial charge is 0.394 e. The quantitative estimate of drug-likeness (QED) is 0.849. The first-order valence-electron chi connectivity index (χ1n) is 5.74. The fourth-order valence-electron chi connectivity index (χ4n) is 1.60. The number of halogens is 3. The Labute approximate surface area is 113 Å². The number of hydrogen-bond donors (Lipinski definition) is 2. The Morgan fingerprint density at radius 2 is 1.60 bits per heavy atom. The van der Waals surface area contributed by atoms with Crippen molar-refractivity contribution in [3.63, 3.8) is 0 Å². The predicted octanol–water partition coefficient (Wildman–Crippen LogP) is 2.62. The normalized spacial score (nSPS) is 10.3. The van der Waals surface area contributed by atoms with Crippen LogP contribution in [0.15, 0.2) is 36.4 Å². The zero-order chi connectivity index (χ0) is 14.7. The summed E-state index contributed by atoms with van der Waals surface area (Å²) in [7, 11) is 0. The van der Waals surface area contributed by atoms with Gasteiger partial charge in [-0.25, -0.2) is 13.2 Å². The number of nitrogens with two attached hydrogens (primary N) is 1. The molecule has 0 spiro atoms. The average Bonchev–Trinajstić information content (AvgIpc) is 2.43. The highest BCUT2D eigenvalue weighted by atomic mass is 19.1. The van der Waals surface area contributed by atoms with Gasteiger partial charge in [0.05, 0.1) is 0 Å². The molecule has 0 heterocycles. The summed E-state index contributed by atoms with van der Waals surface area (Å²) in [5.74, 6) is -3.01. The van der Waals surface area contributed by atoms with E-state index in [2.05, 4.69) is 5.32 Å². The van der Waals surface area contributed by atoms with E-state index in [1.165, 1.54) is 24.3 Å². The van der Waals surface area contributed by atoms with E-state index in [1.807, 2.05) is 0 Å². The fraction of sp³-hybridized carbons (Fsp3) is 0.0714. The lowest BCUT2D eigenvalue weighted by Gasteiger charge is -2.07. The van der Waals surface area contributed by atoms with E-state index in [4.69, 9.17) is 5.73 Å². The van der Waals surface area contributed by atoms with E-state index in [-0.39, 0.29) is 17.9 Å². The topological polar surface area (TPSA) is 55.1 Å². The number of benzene rings is 2. The van der Waals surface area contributed by atoms with E-state index in [1.54, 1.807) is 0 Å². The minimum Gasteiger partial charge on any atom is -0.394 e. The molecule has 0 atom stereocenters. The number of carbonyl (C=O) groups excluding carboxylic acids is 1. The van der Waals surface area contributed by atoms with Gasteiger partial charge in [-0.1, -0.05) is 12.1 Å². The van der Waals surface area contributed by atoms with Crippen LogP contribution in [0.1, 0.15) is 15.9 Å². The molecule has 0 saturated carbocycles. The van der Waals surface area contributed by atoms with Crippen molar-refractivity contribution in [2.24, 2.45) is 0 Å². The van der Waals surface area contributed by atoms with Crippen LogP contribution in [0.3, 0.4) is 0 Å². The molecule has 2 rings (SSSR count). The second kappa shape index (κ2) is 5.64. The van der Waals surface area contributed by atoms with Crippen molar-refractivity contribution in [2.45, 2.75) is 6.54 Å². The van der Waals surface area contributed by atoms with Crippen molar-refractivity contribution in [3.05, 3.63) is 65.0 Å². The third-order valence-corrected chi connectivity index (χ3v) is 2.71. The van der Waals surface area contributed by atoms with Crippen LogP contribution in [0.5, 0.6) is 0 Å². The molecule has 0 bridgehead atoms. The van der Waals surface area contributed by atoms with Crippen molar-refractivity contribution in [2.75, 3.05) is 5.73 Å². The van der Waals surface area contributed by atoms with Crippen LogP contribution in [0.4, 0.5) is 18.9 Å². The average molecular weight is 280 g/mol. The highest BCUT2D eigenvalue weighted by Crippen LogP contribution is 2.17. The first kappa shape index (κ1) is 13.9. The van der Waals surface area contributed by atoms with Crippen LogP contribution >= 0.6 is 0 Å². The highest BCUT2D eigenvalue weighted by molar-refractivity contribution is 5.94. The van der Waals surface area contributed by atoms with Gasteiger partial charge in [-0.3, -0.25) is 4.79 Å².